The molecule has 1 saturated heterocycles. The third kappa shape index (κ3) is 3.30. The second kappa shape index (κ2) is 6.43. The molecule has 0 aromatic heterocycles. The maximum Gasteiger partial charge on any atom is 0.229 e. The second-order valence-corrected chi connectivity index (χ2v) is 6.19. The SMILES string of the molecule is Cc1ccc(N2C[C@@H](C(=O)Nc3cc(F)ccc3C)CC2=O)cc1. The van der Waals surface area contributed by atoms with E-state index in [9.17, 15) is 14.0 Å². The number of benzene rings is 2. The minimum Gasteiger partial charge on any atom is -0.325 e. The van der Waals surface area contributed by atoms with Crippen LogP contribution in [0.4, 0.5) is 15.8 Å². The van der Waals surface area contributed by atoms with Crippen molar-refractivity contribution in [1.29, 1.82) is 0 Å². The van der Waals surface area contributed by atoms with Gasteiger partial charge in [0.15, 0.2) is 0 Å². The highest BCUT2D eigenvalue weighted by atomic mass is 19.1. The predicted octanol–water partition coefficient (Wildman–Crippen LogP) is 3.43. The summed E-state index contributed by atoms with van der Waals surface area (Å²) >= 11 is 0. The fourth-order valence-electron chi connectivity index (χ4n) is 2.82. The summed E-state index contributed by atoms with van der Waals surface area (Å²) in [4.78, 5) is 26.3. The summed E-state index contributed by atoms with van der Waals surface area (Å²) in [5.74, 6) is -1.18. The van der Waals surface area contributed by atoms with Gasteiger partial charge in [-0.15, -0.1) is 0 Å². The van der Waals surface area contributed by atoms with E-state index in [0.717, 1.165) is 16.8 Å². The number of carbonyl (C=O) groups is 2. The van der Waals surface area contributed by atoms with Crippen molar-refractivity contribution in [2.45, 2.75) is 20.3 Å². The van der Waals surface area contributed by atoms with E-state index in [-0.39, 0.29) is 18.2 Å². The number of carbonyl (C=O) groups excluding carboxylic acids is 2. The molecule has 2 aromatic rings. The lowest BCUT2D eigenvalue weighted by Gasteiger charge is -2.17. The predicted molar refractivity (Wildman–Crippen MR) is 91.4 cm³/mol. The highest BCUT2D eigenvalue weighted by molar-refractivity contribution is 6.03. The largest absolute Gasteiger partial charge is 0.325 e. The van der Waals surface area contributed by atoms with Crippen molar-refractivity contribution < 1.29 is 14.0 Å². The number of nitrogens with one attached hydrogen (secondary N) is 1. The molecule has 0 saturated carbocycles. The maximum absolute atomic E-state index is 13.3. The van der Waals surface area contributed by atoms with E-state index >= 15 is 0 Å². The number of hydrogen-bond acceptors (Lipinski definition) is 2. The Morgan fingerprint density at radius 2 is 1.88 bits per heavy atom. The molecule has 1 N–H and O–H groups in total. The highest BCUT2D eigenvalue weighted by Gasteiger charge is 2.35. The summed E-state index contributed by atoms with van der Waals surface area (Å²) in [5, 5.41) is 2.74. The fraction of sp³-hybridized carbons (Fsp3) is 0.263. The molecule has 1 aliphatic heterocycles. The molecular weight excluding hydrogens is 307 g/mol. The molecule has 4 nitrogen and oxygen atoms in total. The molecule has 2 aromatic carbocycles. The Kier molecular flexibility index (Phi) is 4.34. The third-order valence-corrected chi connectivity index (χ3v) is 4.30. The van der Waals surface area contributed by atoms with Gasteiger partial charge in [0.2, 0.25) is 11.8 Å². The zero-order chi connectivity index (χ0) is 17.3. The van der Waals surface area contributed by atoms with E-state index in [0.29, 0.717) is 12.2 Å². The Morgan fingerprint density at radius 3 is 2.58 bits per heavy atom. The van der Waals surface area contributed by atoms with E-state index in [1.165, 1.54) is 12.1 Å². The Balaban J connectivity index is 1.72. The average Bonchev–Trinajstić information content (AvgIpc) is 2.94. The van der Waals surface area contributed by atoms with Crippen LogP contribution in [0, 0.1) is 25.6 Å². The van der Waals surface area contributed by atoms with Crippen molar-refractivity contribution in [2.24, 2.45) is 5.92 Å². The molecule has 5 heteroatoms. The molecule has 2 amide bonds. The van der Waals surface area contributed by atoms with Gasteiger partial charge in [-0.2, -0.15) is 0 Å². The van der Waals surface area contributed by atoms with Gasteiger partial charge in [0, 0.05) is 24.3 Å². The molecule has 0 radical (unpaired) electrons. The normalized spacial score (nSPS) is 17.2. The standard InChI is InChI=1S/C19H19FN2O2/c1-12-3-7-16(8-4-12)22-11-14(9-18(22)23)19(24)21-17-10-15(20)6-5-13(17)2/h3-8,10,14H,9,11H2,1-2H3,(H,21,24)/t14-/m0/s1. The van der Waals surface area contributed by atoms with Crippen molar-refractivity contribution in [3.63, 3.8) is 0 Å². The molecule has 1 atom stereocenters. The first-order valence-electron chi connectivity index (χ1n) is 7.88. The van der Waals surface area contributed by atoms with Crippen LogP contribution in [0.15, 0.2) is 42.5 Å². The molecule has 0 unspecified atom stereocenters. The van der Waals surface area contributed by atoms with Gasteiger partial charge in [0.05, 0.1) is 5.92 Å². The number of nitrogens with zero attached hydrogens (tertiary/aromatic N) is 1. The van der Waals surface area contributed by atoms with Crippen LogP contribution in [-0.2, 0) is 9.59 Å². The van der Waals surface area contributed by atoms with E-state index in [2.05, 4.69) is 5.32 Å². The van der Waals surface area contributed by atoms with E-state index in [1.807, 2.05) is 31.2 Å². The van der Waals surface area contributed by atoms with Crippen molar-refractivity contribution in [1.82, 2.24) is 0 Å². The van der Waals surface area contributed by atoms with Crippen molar-refractivity contribution in [3.8, 4) is 0 Å². The quantitative estimate of drug-likeness (QED) is 0.939. The van der Waals surface area contributed by atoms with Crippen molar-refractivity contribution in [3.05, 3.63) is 59.4 Å². The minimum atomic E-state index is -0.443. The molecule has 0 aliphatic carbocycles. The summed E-state index contributed by atoms with van der Waals surface area (Å²) in [6, 6.07) is 11.9. The zero-order valence-electron chi connectivity index (χ0n) is 13.7. The Labute approximate surface area is 140 Å². The molecule has 1 heterocycles. The fourth-order valence-corrected chi connectivity index (χ4v) is 2.82. The molecule has 0 bridgehead atoms. The number of anilines is 2. The lowest BCUT2D eigenvalue weighted by molar-refractivity contribution is -0.122. The van der Waals surface area contributed by atoms with E-state index < -0.39 is 11.7 Å². The van der Waals surface area contributed by atoms with Gasteiger partial charge in [0.1, 0.15) is 5.82 Å². The van der Waals surface area contributed by atoms with Crippen LogP contribution in [0.2, 0.25) is 0 Å². The van der Waals surface area contributed by atoms with Crippen LogP contribution in [0.3, 0.4) is 0 Å². The molecular formula is C19H19FN2O2. The summed E-state index contributed by atoms with van der Waals surface area (Å²) in [5.41, 5.74) is 3.13. The van der Waals surface area contributed by atoms with Gasteiger partial charge in [-0.1, -0.05) is 23.8 Å². The van der Waals surface area contributed by atoms with Gasteiger partial charge in [-0.25, -0.2) is 4.39 Å². The number of aryl methyl sites for hydroxylation is 2. The average molecular weight is 326 g/mol. The monoisotopic (exact) mass is 326 g/mol. The first kappa shape index (κ1) is 16.2. The van der Waals surface area contributed by atoms with E-state index in [1.54, 1.807) is 17.9 Å². The molecule has 3 rings (SSSR count). The van der Waals surface area contributed by atoms with Crippen LogP contribution in [0.1, 0.15) is 17.5 Å². The van der Waals surface area contributed by atoms with Gasteiger partial charge in [-0.05, 0) is 43.7 Å². The van der Waals surface area contributed by atoms with Crippen molar-refractivity contribution >= 4 is 23.2 Å². The van der Waals surface area contributed by atoms with Gasteiger partial charge in [0.25, 0.3) is 0 Å². The molecule has 1 aliphatic rings. The summed E-state index contributed by atoms with van der Waals surface area (Å²) < 4.78 is 13.3. The molecule has 1 fully saturated rings. The number of halogens is 1. The Hall–Kier alpha value is -2.69. The first-order chi connectivity index (χ1) is 11.4. The lowest BCUT2D eigenvalue weighted by atomic mass is 10.1. The van der Waals surface area contributed by atoms with Crippen LogP contribution >= 0.6 is 0 Å². The van der Waals surface area contributed by atoms with Crippen molar-refractivity contribution in [2.75, 3.05) is 16.8 Å². The van der Waals surface area contributed by atoms with E-state index in [4.69, 9.17) is 0 Å². The maximum atomic E-state index is 13.3. The Morgan fingerprint density at radius 1 is 1.17 bits per heavy atom. The lowest BCUT2D eigenvalue weighted by Crippen LogP contribution is -2.28. The number of hydrogen-bond donors (Lipinski definition) is 1. The topological polar surface area (TPSA) is 49.4 Å². The number of rotatable bonds is 3. The number of amides is 2. The van der Waals surface area contributed by atoms with Gasteiger partial charge < -0.3 is 10.2 Å². The highest BCUT2D eigenvalue weighted by Crippen LogP contribution is 2.27. The molecule has 124 valence electrons. The summed E-state index contributed by atoms with van der Waals surface area (Å²) in [6.07, 6.45) is 0.161. The molecule has 24 heavy (non-hydrogen) atoms. The van der Waals surface area contributed by atoms with Crippen LogP contribution < -0.4 is 10.2 Å². The summed E-state index contributed by atoms with van der Waals surface area (Å²) in [6.45, 7) is 4.11. The van der Waals surface area contributed by atoms with Crippen LogP contribution in [-0.4, -0.2) is 18.4 Å². The van der Waals surface area contributed by atoms with Gasteiger partial charge in [-0.3, -0.25) is 9.59 Å². The summed E-state index contributed by atoms with van der Waals surface area (Å²) in [7, 11) is 0. The molecule has 0 spiro atoms. The minimum absolute atomic E-state index is 0.0741. The van der Waals surface area contributed by atoms with Gasteiger partial charge >= 0.3 is 0 Å². The third-order valence-electron chi connectivity index (χ3n) is 4.30. The second-order valence-electron chi connectivity index (χ2n) is 6.19. The first-order valence-corrected chi connectivity index (χ1v) is 7.88. The zero-order valence-corrected chi connectivity index (χ0v) is 13.7. The van der Waals surface area contributed by atoms with Crippen LogP contribution in [0.5, 0.6) is 0 Å². The smallest absolute Gasteiger partial charge is 0.229 e. The Bertz CT molecular complexity index is 786. The van der Waals surface area contributed by atoms with Crippen LogP contribution in [0.25, 0.3) is 0 Å².